The number of hydrogen-bond acceptors (Lipinski definition) is 11. The number of carbonyl (C=O) groups is 1. The van der Waals surface area contributed by atoms with Crippen LogP contribution in [0.15, 0.2) is 48.9 Å². The quantitative estimate of drug-likeness (QED) is 0.216. The van der Waals surface area contributed by atoms with Gasteiger partial charge in [0.1, 0.15) is 17.1 Å². The maximum absolute atomic E-state index is 14.1. The number of carbonyl (C=O) groups excluding carboxylic acids is 1. The summed E-state index contributed by atoms with van der Waals surface area (Å²) in [6.45, 7) is 4.08. The summed E-state index contributed by atoms with van der Waals surface area (Å²) in [7, 11) is -0.813. The van der Waals surface area contributed by atoms with Gasteiger partial charge in [-0.2, -0.15) is 23.3 Å². The highest BCUT2D eigenvalue weighted by atomic mass is 31.2. The zero-order valence-electron chi connectivity index (χ0n) is 25.4. The van der Waals surface area contributed by atoms with Crippen LogP contribution in [0.1, 0.15) is 41.9 Å². The second-order valence-corrected chi connectivity index (χ2v) is 12.3. The number of alkyl halides is 3. The normalized spacial score (nSPS) is 18.5. The first-order valence-electron chi connectivity index (χ1n) is 14.2. The first-order valence-corrected chi connectivity index (χ1v) is 16.0. The number of nitrogens with one attached hydrogen (secondary N) is 3. The Morgan fingerprint density at radius 2 is 1.96 bits per heavy atom. The van der Waals surface area contributed by atoms with E-state index >= 15 is 0 Å². The molecular formula is C29H32F3N8O5P. The molecular weight excluding hydrogens is 628 g/mol. The minimum atomic E-state index is -4.83. The molecule has 7 heterocycles. The van der Waals surface area contributed by atoms with Crippen molar-refractivity contribution in [1.82, 2.24) is 30.0 Å². The Hall–Kier alpha value is -4.53. The van der Waals surface area contributed by atoms with Gasteiger partial charge in [0.25, 0.3) is 5.91 Å². The van der Waals surface area contributed by atoms with Crippen LogP contribution in [0.2, 0.25) is 0 Å². The Labute approximate surface area is 262 Å². The summed E-state index contributed by atoms with van der Waals surface area (Å²) in [5.41, 5.74) is 0.492. The van der Waals surface area contributed by atoms with Crippen molar-refractivity contribution < 1.29 is 36.3 Å². The van der Waals surface area contributed by atoms with Gasteiger partial charge in [0.2, 0.25) is 5.95 Å². The molecule has 3 aromatic heterocycles. The van der Waals surface area contributed by atoms with Gasteiger partial charge in [-0.05, 0) is 50.1 Å². The molecule has 0 spiro atoms. The molecule has 2 atom stereocenters. The van der Waals surface area contributed by atoms with E-state index in [1.54, 1.807) is 55.2 Å². The Balaban J connectivity index is 1.64. The SMILES string of the molecule is CCOP1(=O)Cc2ccc(c(OC)c2)Nc2ncc(C(F)(F)F)c(n2)Nc2ccc(nc2C(=O)NC)-c2cnn(c2)CC[C@H](C)O1. The lowest BCUT2D eigenvalue weighted by molar-refractivity contribution is -0.137. The van der Waals surface area contributed by atoms with Crippen LogP contribution in [0.5, 0.6) is 5.75 Å². The molecule has 17 heteroatoms. The van der Waals surface area contributed by atoms with Crippen molar-refractivity contribution >= 4 is 36.6 Å². The number of ether oxygens (including phenoxy) is 1. The topological polar surface area (TPSA) is 154 Å². The summed E-state index contributed by atoms with van der Waals surface area (Å²) >= 11 is 0. The average molecular weight is 661 g/mol. The van der Waals surface area contributed by atoms with E-state index in [4.69, 9.17) is 13.8 Å². The lowest BCUT2D eigenvalue weighted by Crippen LogP contribution is -2.21. The number of nitrogens with zero attached hydrogens (tertiary/aromatic N) is 5. The summed E-state index contributed by atoms with van der Waals surface area (Å²) in [5, 5.41) is 12.3. The second kappa shape index (κ2) is 13.4. The van der Waals surface area contributed by atoms with Crippen LogP contribution in [-0.2, 0) is 32.5 Å². The van der Waals surface area contributed by atoms with Crippen LogP contribution in [0.3, 0.4) is 0 Å². The summed E-state index contributed by atoms with van der Waals surface area (Å²) < 4.78 is 74.7. The van der Waals surface area contributed by atoms with Gasteiger partial charge in [0.15, 0.2) is 5.69 Å². The van der Waals surface area contributed by atoms with Gasteiger partial charge < -0.3 is 29.7 Å². The van der Waals surface area contributed by atoms with Crippen LogP contribution in [0, 0.1) is 0 Å². The second-order valence-electron chi connectivity index (χ2n) is 10.3. The van der Waals surface area contributed by atoms with E-state index < -0.39 is 37.2 Å². The molecule has 13 nitrogen and oxygen atoms in total. The zero-order valence-corrected chi connectivity index (χ0v) is 26.3. The monoisotopic (exact) mass is 660 g/mol. The maximum atomic E-state index is 14.1. The average Bonchev–Trinajstić information content (AvgIpc) is 3.49. The number of halogens is 3. The Bertz CT molecular complexity index is 1780. The van der Waals surface area contributed by atoms with Crippen LogP contribution in [-0.4, -0.2) is 57.5 Å². The van der Waals surface area contributed by atoms with E-state index in [1.807, 2.05) is 0 Å². The molecule has 3 N–H and O–H groups in total. The summed E-state index contributed by atoms with van der Waals surface area (Å²) in [6, 6.07) is 7.86. The van der Waals surface area contributed by atoms with Crippen molar-refractivity contribution in [3.8, 4) is 17.0 Å². The number of rotatable bonds is 4. The number of benzene rings is 1. The minimum Gasteiger partial charge on any atom is -0.495 e. The fraction of sp³-hybridized carbons (Fsp3) is 0.345. The fourth-order valence-corrected chi connectivity index (χ4v) is 6.65. The zero-order chi connectivity index (χ0) is 33.1. The van der Waals surface area contributed by atoms with E-state index in [2.05, 4.69) is 36.0 Å². The van der Waals surface area contributed by atoms with Crippen molar-refractivity contribution in [2.45, 2.75) is 45.3 Å². The molecule has 0 radical (unpaired) electrons. The maximum Gasteiger partial charge on any atom is 0.421 e. The van der Waals surface area contributed by atoms with Gasteiger partial charge in [-0.25, -0.2) is 9.97 Å². The van der Waals surface area contributed by atoms with Gasteiger partial charge >= 0.3 is 13.8 Å². The molecule has 4 aliphatic heterocycles. The molecule has 0 saturated heterocycles. The van der Waals surface area contributed by atoms with Gasteiger partial charge in [-0.3, -0.25) is 14.0 Å². The van der Waals surface area contributed by atoms with Gasteiger partial charge in [0, 0.05) is 31.5 Å². The number of anilines is 4. The fourth-order valence-electron chi connectivity index (χ4n) is 4.74. The molecule has 244 valence electrons. The van der Waals surface area contributed by atoms with Crippen molar-refractivity contribution in [2.75, 3.05) is 31.4 Å². The van der Waals surface area contributed by atoms with E-state index in [0.717, 1.165) is 0 Å². The summed E-state index contributed by atoms with van der Waals surface area (Å²) in [4.78, 5) is 25.3. The third-order valence-electron chi connectivity index (χ3n) is 6.93. The van der Waals surface area contributed by atoms with Crippen LogP contribution < -0.4 is 20.7 Å². The molecule has 0 aliphatic carbocycles. The number of aryl methyl sites for hydroxylation is 1. The number of pyridine rings is 1. The van der Waals surface area contributed by atoms with E-state index in [1.165, 1.54) is 20.2 Å². The molecule has 1 amide bonds. The minimum absolute atomic E-state index is 0.0144. The predicted molar refractivity (Wildman–Crippen MR) is 164 cm³/mol. The molecule has 46 heavy (non-hydrogen) atoms. The van der Waals surface area contributed by atoms with E-state index in [9.17, 15) is 22.5 Å². The molecule has 4 aromatic rings. The van der Waals surface area contributed by atoms with Crippen LogP contribution in [0.25, 0.3) is 11.3 Å². The molecule has 1 aromatic carbocycles. The first kappa shape index (κ1) is 32.9. The first-order chi connectivity index (χ1) is 21.9. The van der Waals surface area contributed by atoms with Crippen molar-refractivity contribution in [1.29, 1.82) is 0 Å². The highest BCUT2D eigenvalue weighted by Gasteiger charge is 2.36. The highest BCUT2D eigenvalue weighted by molar-refractivity contribution is 7.53. The predicted octanol–water partition coefficient (Wildman–Crippen LogP) is 6.15. The highest BCUT2D eigenvalue weighted by Crippen LogP contribution is 2.53. The lowest BCUT2D eigenvalue weighted by Gasteiger charge is -2.23. The van der Waals surface area contributed by atoms with E-state index in [0.29, 0.717) is 41.7 Å². The summed E-state index contributed by atoms with van der Waals surface area (Å²) in [6.07, 6.45) is -0.993. The number of aromatic nitrogens is 5. The Morgan fingerprint density at radius 3 is 2.67 bits per heavy atom. The standard InChI is InChI=1S/C29H32F3N8O5P/c1-5-44-46(42)16-18-6-7-22(24(12-18)43-4)38-28-34-14-20(29(30,31)32)26(39-28)37-23-9-8-21(36-25(23)27(41)33-3)19-13-35-40(15-19)11-10-17(2)45-46/h6-9,12-15,17H,5,10-11,16H2,1-4H3,(H,33,41)(H2,34,37,38,39)/t17-,46?/m0/s1. The third-order valence-corrected chi connectivity index (χ3v) is 9.02. The molecule has 1 unspecified atom stereocenters. The molecule has 0 saturated carbocycles. The van der Waals surface area contributed by atoms with E-state index in [-0.39, 0.29) is 35.8 Å². The lowest BCUT2D eigenvalue weighted by atomic mass is 10.1. The molecule has 8 rings (SSSR count). The van der Waals surface area contributed by atoms with Crippen LogP contribution >= 0.6 is 7.60 Å². The largest absolute Gasteiger partial charge is 0.495 e. The Morgan fingerprint density at radius 1 is 1.17 bits per heavy atom. The van der Waals surface area contributed by atoms with Gasteiger partial charge in [-0.15, -0.1) is 0 Å². The van der Waals surface area contributed by atoms with Gasteiger partial charge in [-0.1, -0.05) is 6.07 Å². The smallest absolute Gasteiger partial charge is 0.421 e. The van der Waals surface area contributed by atoms with Crippen LogP contribution in [0.4, 0.5) is 36.3 Å². The molecule has 8 bridgehead atoms. The number of hydrogen-bond donors (Lipinski definition) is 3. The Kier molecular flexibility index (Phi) is 9.60. The van der Waals surface area contributed by atoms with Crippen molar-refractivity contribution in [3.05, 3.63) is 65.7 Å². The number of amides is 1. The van der Waals surface area contributed by atoms with Gasteiger partial charge in [0.05, 0.1) is 49.2 Å². The molecule has 0 fully saturated rings. The third kappa shape index (κ3) is 7.46. The van der Waals surface area contributed by atoms with Crippen molar-refractivity contribution in [3.63, 3.8) is 0 Å². The molecule has 4 aliphatic rings. The van der Waals surface area contributed by atoms with Crippen molar-refractivity contribution in [2.24, 2.45) is 0 Å². The summed E-state index contributed by atoms with van der Waals surface area (Å²) in [5.74, 6) is -1.16. The number of methoxy groups -OCH3 is 1.